The monoisotopic (exact) mass is 368 g/mol. The molecule has 0 aliphatic carbocycles. The second-order valence-corrected chi connectivity index (χ2v) is 7.04. The van der Waals surface area contributed by atoms with Crippen LogP contribution in [0.3, 0.4) is 0 Å². The van der Waals surface area contributed by atoms with Crippen molar-refractivity contribution in [2.75, 3.05) is 20.3 Å². The van der Waals surface area contributed by atoms with Crippen LogP contribution in [0, 0.1) is 13.8 Å². The van der Waals surface area contributed by atoms with Crippen LogP contribution in [0.4, 0.5) is 0 Å². The van der Waals surface area contributed by atoms with Gasteiger partial charge in [-0.15, -0.1) is 0 Å². The minimum atomic E-state index is -0.725. The van der Waals surface area contributed by atoms with Gasteiger partial charge in [-0.1, -0.05) is 25.1 Å². The van der Waals surface area contributed by atoms with Gasteiger partial charge in [0.25, 0.3) is 0 Å². The van der Waals surface area contributed by atoms with Crippen LogP contribution >= 0.6 is 0 Å². The van der Waals surface area contributed by atoms with E-state index in [4.69, 9.17) is 14.2 Å². The molecule has 1 atom stereocenters. The number of methoxy groups -OCH3 is 1. The van der Waals surface area contributed by atoms with Gasteiger partial charge < -0.3 is 14.2 Å². The van der Waals surface area contributed by atoms with E-state index in [-0.39, 0.29) is 5.97 Å². The lowest BCUT2D eigenvalue weighted by Crippen LogP contribution is -2.20. The van der Waals surface area contributed by atoms with E-state index in [1.807, 2.05) is 26.0 Å². The van der Waals surface area contributed by atoms with Crippen LogP contribution < -0.4 is 4.74 Å². The summed E-state index contributed by atoms with van der Waals surface area (Å²) < 4.78 is 16.8. The summed E-state index contributed by atoms with van der Waals surface area (Å²) in [6.07, 6.45) is 2.15. The Morgan fingerprint density at radius 3 is 2.70 bits per heavy atom. The number of ether oxygens (including phenoxy) is 3. The van der Waals surface area contributed by atoms with Gasteiger partial charge in [0.15, 0.2) is 6.10 Å². The summed E-state index contributed by atoms with van der Waals surface area (Å²) in [5.41, 5.74) is 6.39. The van der Waals surface area contributed by atoms with Crippen LogP contribution in [0.2, 0.25) is 0 Å². The lowest BCUT2D eigenvalue weighted by molar-refractivity contribution is -0.154. The van der Waals surface area contributed by atoms with Crippen molar-refractivity contribution in [3.63, 3.8) is 0 Å². The summed E-state index contributed by atoms with van der Waals surface area (Å²) in [5, 5.41) is 0. The first-order valence-corrected chi connectivity index (χ1v) is 9.62. The third-order valence-corrected chi connectivity index (χ3v) is 5.04. The molecule has 0 saturated heterocycles. The lowest BCUT2D eigenvalue weighted by Gasteiger charge is -2.24. The molecule has 1 aliphatic rings. The molecule has 2 aromatic rings. The Morgan fingerprint density at radius 2 is 1.96 bits per heavy atom. The zero-order valence-corrected chi connectivity index (χ0v) is 16.6. The first-order chi connectivity index (χ1) is 13.1. The van der Waals surface area contributed by atoms with Crippen molar-refractivity contribution < 1.29 is 19.0 Å². The topological polar surface area (TPSA) is 44.8 Å². The molecule has 3 rings (SSSR count). The summed E-state index contributed by atoms with van der Waals surface area (Å²) in [7, 11) is 1.41. The fourth-order valence-electron chi connectivity index (χ4n) is 3.68. The fraction of sp³-hybridized carbons (Fsp3) is 0.435. The minimum absolute atomic E-state index is 0.361. The van der Waals surface area contributed by atoms with E-state index in [0.29, 0.717) is 6.61 Å². The molecule has 0 bridgehead atoms. The van der Waals surface area contributed by atoms with Gasteiger partial charge in [-0.3, -0.25) is 0 Å². The van der Waals surface area contributed by atoms with Crippen molar-refractivity contribution in [1.82, 2.24) is 0 Å². The van der Waals surface area contributed by atoms with Crippen LogP contribution in [0.15, 0.2) is 30.3 Å². The van der Waals surface area contributed by atoms with Gasteiger partial charge in [-0.25, -0.2) is 4.79 Å². The molecule has 0 fully saturated rings. The number of aryl methyl sites for hydroxylation is 3. The quantitative estimate of drug-likeness (QED) is 0.678. The number of rotatable bonds is 6. The summed E-state index contributed by atoms with van der Waals surface area (Å²) in [4.78, 5) is 12.5. The standard InChI is InChI=1S/C23H28O4/c1-5-12-27-22(23(24)25-4)21-16(3)9-8-15(2)20(21)18-10-11-19-17(14-18)7-6-13-26-19/h8-11,14,22H,5-7,12-13H2,1-4H3. The summed E-state index contributed by atoms with van der Waals surface area (Å²) >= 11 is 0. The molecule has 1 heterocycles. The molecule has 27 heavy (non-hydrogen) atoms. The Kier molecular flexibility index (Phi) is 6.17. The number of hydrogen-bond donors (Lipinski definition) is 0. The first-order valence-electron chi connectivity index (χ1n) is 9.62. The molecule has 0 saturated carbocycles. The molecule has 1 unspecified atom stereocenters. The van der Waals surface area contributed by atoms with E-state index in [2.05, 4.69) is 25.1 Å². The molecule has 0 N–H and O–H groups in total. The average molecular weight is 368 g/mol. The highest BCUT2D eigenvalue weighted by Crippen LogP contribution is 2.38. The third kappa shape index (κ3) is 4.01. The van der Waals surface area contributed by atoms with Crippen LogP contribution in [0.1, 0.15) is 48.1 Å². The number of fused-ring (bicyclic) bond motifs is 1. The van der Waals surface area contributed by atoms with E-state index in [9.17, 15) is 4.79 Å². The Hall–Kier alpha value is -2.33. The van der Waals surface area contributed by atoms with Crippen LogP contribution in [0.5, 0.6) is 5.75 Å². The van der Waals surface area contributed by atoms with Crippen LogP contribution in [-0.4, -0.2) is 26.3 Å². The number of esters is 1. The maximum absolute atomic E-state index is 12.5. The second-order valence-electron chi connectivity index (χ2n) is 7.04. The molecule has 4 nitrogen and oxygen atoms in total. The Balaban J connectivity index is 2.15. The van der Waals surface area contributed by atoms with Crippen LogP contribution in [-0.2, 0) is 20.7 Å². The number of carbonyl (C=O) groups excluding carboxylic acids is 1. The second kappa shape index (κ2) is 8.57. The molecule has 0 spiro atoms. The number of benzene rings is 2. The minimum Gasteiger partial charge on any atom is -0.493 e. The Bertz CT molecular complexity index is 825. The highest BCUT2D eigenvalue weighted by molar-refractivity contribution is 5.83. The zero-order chi connectivity index (χ0) is 19.4. The van der Waals surface area contributed by atoms with Crippen molar-refractivity contribution in [1.29, 1.82) is 0 Å². The van der Waals surface area contributed by atoms with E-state index < -0.39 is 6.10 Å². The van der Waals surface area contributed by atoms with E-state index in [1.54, 1.807) is 0 Å². The van der Waals surface area contributed by atoms with E-state index >= 15 is 0 Å². The summed E-state index contributed by atoms with van der Waals surface area (Å²) in [6.45, 7) is 7.40. The van der Waals surface area contributed by atoms with Gasteiger partial charge in [0, 0.05) is 12.2 Å². The van der Waals surface area contributed by atoms with Gasteiger partial charge >= 0.3 is 5.97 Å². The molecule has 0 radical (unpaired) electrons. The van der Waals surface area contributed by atoms with E-state index in [0.717, 1.165) is 59.4 Å². The smallest absolute Gasteiger partial charge is 0.339 e. The van der Waals surface area contributed by atoms with Gasteiger partial charge in [0.05, 0.1) is 13.7 Å². The molecule has 0 amide bonds. The highest BCUT2D eigenvalue weighted by Gasteiger charge is 2.28. The van der Waals surface area contributed by atoms with Gasteiger partial charge in [0.1, 0.15) is 5.75 Å². The zero-order valence-electron chi connectivity index (χ0n) is 16.6. The largest absolute Gasteiger partial charge is 0.493 e. The lowest BCUT2D eigenvalue weighted by atomic mass is 9.87. The van der Waals surface area contributed by atoms with Gasteiger partial charge in [-0.2, -0.15) is 0 Å². The fourth-order valence-corrected chi connectivity index (χ4v) is 3.68. The summed E-state index contributed by atoms with van der Waals surface area (Å²) in [5.74, 6) is 0.600. The van der Waals surface area contributed by atoms with Crippen molar-refractivity contribution in [2.24, 2.45) is 0 Å². The molecule has 4 heteroatoms. The third-order valence-electron chi connectivity index (χ3n) is 5.04. The molecule has 1 aliphatic heterocycles. The molecular weight excluding hydrogens is 340 g/mol. The van der Waals surface area contributed by atoms with Crippen LogP contribution in [0.25, 0.3) is 11.1 Å². The number of carbonyl (C=O) groups is 1. The molecular formula is C23H28O4. The molecule has 0 aromatic heterocycles. The summed E-state index contributed by atoms with van der Waals surface area (Å²) in [6, 6.07) is 10.4. The van der Waals surface area contributed by atoms with E-state index in [1.165, 1.54) is 12.7 Å². The van der Waals surface area contributed by atoms with Crippen molar-refractivity contribution in [3.8, 4) is 16.9 Å². The number of hydrogen-bond acceptors (Lipinski definition) is 4. The molecule has 144 valence electrons. The SMILES string of the molecule is CCCOC(C(=O)OC)c1c(C)ccc(C)c1-c1ccc2c(c1)CCCO2. The highest BCUT2D eigenvalue weighted by atomic mass is 16.6. The predicted molar refractivity (Wildman–Crippen MR) is 106 cm³/mol. The molecule has 2 aromatic carbocycles. The van der Waals surface area contributed by atoms with Gasteiger partial charge in [-0.05, 0) is 73.1 Å². The maximum atomic E-state index is 12.5. The van der Waals surface area contributed by atoms with Crippen molar-refractivity contribution in [2.45, 2.75) is 46.1 Å². The first kappa shape index (κ1) is 19.4. The Labute approximate surface area is 161 Å². The van der Waals surface area contributed by atoms with Crippen molar-refractivity contribution in [3.05, 3.63) is 52.6 Å². The predicted octanol–water partition coefficient (Wildman–Crippen LogP) is 4.94. The Morgan fingerprint density at radius 1 is 1.19 bits per heavy atom. The average Bonchev–Trinajstić information content (AvgIpc) is 2.70. The van der Waals surface area contributed by atoms with Crippen molar-refractivity contribution >= 4 is 5.97 Å². The van der Waals surface area contributed by atoms with Gasteiger partial charge in [0.2, 0.25) is 0 Å². The maximum Gasteiger partial charge on any atom is 0.339 e. The normalized spacial score (nSPS) is 14.2.